The van der Waals surface area contributed by atoms with Crippen LogP contribution in [0.3, 0.4) is 0 Å². The van der Waals surface area contributed by atoms with E-state index in [1.54, 1.807) is 0 Å². The highest BCUT2D eigenvalue weighted by atomic mass is 35.5. The second-order valence-corrected chi connectivity index (χ2v) is 7.14. The van der Waals surface area contributed by atoms with Crippen molar-refractivity contribution in [3.63, 3.8) is 0 Å². The summed E-state index contributed by atoms with van der Waals surface area (Å²) in [6, 6.07) is 5.92. The fourth-order valence-corrected chi connectivity index (χ4v) is 4.54. The van der Waals surface area contributed by atoms with Crippen molar-refractivity contribution >= 4 is 35.6 Å². The van der Waals surface area contributed by atoms with Gasteiger partial charge >= 0.3 is 0 Å². The zero-order valence-electron chi connectivity index (χ0n) is 12.2. The van der Waals surface area contributed by atoms with Crippen molar-refractivity contribution < 1.29 is 5.11 Å². The number of nitrogens with zero attached hydrogens (tertiary/aromatic N) is 1. The standard InChI is InChI=1S/C16H21Cl2NO.ClH/c1-19-9-8-16(20)7-3-2-4-13(16)15(19)12-6-5-11(17)10-14(12)18;/h5-6,10,13,15,20H,2-4,7-9H2,1H3;1H. The average molecular weight is 351 g/mol. The Bertz CT molecular complexity index is 510. The average Bonchev–Trinajstić information content (AvgIpc) is 2.41. The number of hydrogen-bond acceptors (Lipinski definition) is 2. The van der Waals surface area contributed by atoms with Gasteiger partial charge in [-0.15, -0.1) is 12.4 Å². The molecule has 1 aromatic carbocycles. The molecular weight excluding hydrogens is 329 g/mol. The largest absolute Gasteiger partial charge is 0.389 e. The van der Waals surface area contributed by atoms with E-state index in [0.29, 0.717) is 10.0 Å². The number of rotatable bonds is 1. The fourth-order valence-electron chi connectivity index (χ4n) is 4.02. The molecule has 118 valence electrons. The molecule has 5 heteroatoms. The van der Waals surface area contributed by atoms with E-state index in [1.165, 1.54) is 6.42 Å². The SMILES string of the molecule is CN1CCC2(O)CCCCC2C1c1ccc(Cl)cc1Cl.Cl. The van der Waals surface area contributed by atoms with E-state index in [-0.39, 0.29) is 24.4 Å². The second-order valence-electron chi connectivity index (χ2n) is 6.30. The first-order valence-corrected chi connectivity index (χ1v) is 8.14. The van der Waals surface area contributed by atoms with Crippen LogP contribution in [0.2, 0.25) is 10.0 Å². The molecule has 0 spiro atoms. The van der Waals surface area contributed by atoms with Crippen molar-refractivity contribution in [2.45, 2.75) is 43.7 Å². The van der Waals surface area contributed by atoms with Gasteiger partial charge in [-0.3, -0.25) is 4.90 Å². The predicted octanol–water partition coefficient (Wildman–Crippen LogP) is 4.71. The van der Waals surface area contributed by atoms with Gasteiger partial charge in [0.25, 0.3) is 0 Å². The Hall–Kier alpha value is 0.01000. The van der Waals surface area contributed by atoms with Crippen molar-refractivity contribution in [3.8, 4) is 0 Å². The summed E-state index contributed by atoms with van der Waals surface area (Å²) in [6.07, 6.45) is 5.20. The van der Waals surface area contributed by atoms with Crippen LogP contribution in [0.5, 0.6) is 0 Å². The Morgan fingerprint density at radius 2 is 2.00 bits per heavy atom. The minimum Gasteiger partial charge on any atom is -0.389 e. The summed E-state index contributed by atoms with van der Waals surface area (Å²) < 4.78 is 0. The van der Waals surface area contributed by atoms with Crippen LogP contribution in [-0.4, -0.2) is 29.2 Å². The number of halogens is 3. The summed E-state index contributed by atoms with van der Waals surface area (Å²) in [4.78, 5) is 2.33. The topological polar surface area (TPSA) is 23.5 Å². The third kappa shape index (κ3) is 3.20. The monoisotopic (exact) mass is 349 g/mol. The van der Waals surface area contributed by atoms with Crippen LogP contribution in [0.25, 0.3) is 0 Å². The maximum absolute atomic E-state index is 11.0. The van der Waals surface area contributed by atoms with E-state index >= 15 is 0 Å². The summed E-state index contributed by atoms with van der Waals surface area (Å²) in [6.45, 7) is 0.913. The zero-order valence-corrected chi connectivity index (χ0v) is 14.5. The highest BCUT2D eigenvalue weighted by Crippen LogP contribution is 2.49. The molecule has 3 unspecified atom stereocenters. The summed E-state index contributed by atoms with van der Waals surface area (Å²) >= 11 is 12.4. The van der Waals surface area contributed by atoms with Gasteiger partial charge in [-0.1, -0.05) is 42.1 Å². The Kier molecular flexibility index (Phi) is 5.49. The van der Waals surface area contributed by atoms with Crippen molar-refractivity contribution in [3.05, 3.63) is 33.8 Å². The smallest absolute Gasteiger partial charge is 0.0706 e. The first-order chi connectivity index (χ1) is 9.51. The van der Waals surface area contributed by atoms with Gasteiger partial charge in [0.2, 0.25) is 0 Å². The zero-order chi connectivity index (χ0) is 14.3. The van der Waals surface area contributed by atoms with Crippen LogP contribution in [-0.2, 0) is 0 Å². The number of hydrogen-bond donors (Lipinski definition) is 1. The Morgan fingerprint density at radius 1 is 1.24 bits per heavy atom. The molecule has 2 aliphatic rings. The number of benzene rings is 1. The molecule has 1 saturated heterocycles. The first kappa shape index (κ1) is 17.4. The molecule has 0 bridgehead atoms. The van der Waals surface area contributed by atoms with E-state index in [9.17, 15) is 5.11 Å². The summed E-state index contributed by atoms with van der Waals surface area (Å²) in [5.74, 6) is 0.272. The molecule has 1 heterocycles. The van der Waals surface area contributed by atoms with E-state index in [4.69, 9.17) is 23.2 Å². The van der Waals surface area contributed by atoms with Crippen molar-refractivity contribution in [1.82, 2.24) is 4.90 Å². The van der Waals surface area contributed by atoms with Gasteiger partial charge in [0.15, 0.2) is 0 Å². The third-order valence-electron chi connectivity index (χ3n) is 5.10. The minimum absolute atomic E-state index is 0. The van der Waals surface area contributed by atoms with Gasteiger partial charge in [0.1, 0.15) is 0 Å². The van der Waals surface area contributed by atoms with Crippen LogP contribution in [0.1, 0.15) is 43.7 Å². The van der Waals surface area contributed by atoms with E-state index in [0.717, 1.165) is 37.8 Å². The van der Waals surface area contributed by atoms with E-state index in [1.807, 2.05) is 18.2 Å². The maximum Gasteiger partial charge on any atom is 0.0706 e. The van der Waals surface area contributed by atoms with Crippen LogP contribution >= 0.6 is 35.6 Å². The third-order valence-corrected chi connectivity index (χ3v) is 5.66. The highest BCUT2D eigenvalue weighted by Gasteiger charge is 2.48. The lowest BCUT2D eigenvalue weighted by atomic mass is 9.66. The van der Waals surface area contributed by atoms with Crippen LogP contribution in [0.15, 0.2) is 18.2 Å². The summed E-state index contributed by atoms with van der Waals surface area (Å²) in [5.41, 5.74) is 0.585. The fraction of sp³-hybridized carbons (Fsp3) is 0.625. The number of fused-ring (bicyclic) bond motifs is 1. The lowest BCUT2D eigenvalue weighted by molar-refractivity contribution is -0.118. The molecule has 1 saturated carbocycles. The van der Waals surface area contributed by atoms with Crippen LogP contribution in [0, 0.1) is 5.92 Å². The van der Waals surface area contributed by atoms with Gasteiger partial charge in [-0.2, -0.15) is 0 Å². The first-order valence-electron chi connectivity index (χ1n) is 7.39. The van der Waals surface area contributed by atoms with E-state index < -0.39 is 5.60 Å². The van der Waals surface area contributed by atoms with Crippen molar-refractivity contribution in [2.75, 3.05) is 13.6 Å². The molecule has 3 atom stereocenters. The Balaban J connectivity index is 0.00000161. The highest BCUT2D eigenvalue weighted by molar-refractivity contribution is 6.35. The van der Waals surface area contributed by atoms with Gasteiger partial charge in [0.05, 0.1) is 5.60 Å². The summed E-state index contributed by atoms with van der Waals surface area (Å²) in [7, 11) is 2.13. The quantitative estimate of drug-likeness (QED) is 0.792. The van der Waals surface area contributed by atoms with Crippen molar-refractivity contribution in [2.24, 2.45) is 5.92 Å². The molecule has 0 amide bonds. The second kappa shape index (κ2) is 6.64. The normalized spacial score (nSPS) is 33.1. The van der Waals surface area contributed by atoms with Crippen molar-refractivity contribution in [1.29, 1.82) is 0 Å². The molecule has 3 rings (SSSR count). The number of piperidine rings is 1. The molecule has 1 aromatic rings. The summed E-state index contributed by atoms with van der Waals surface area (Å²) in [5, 5.41) is 12.4. The molecule has 0 aromatic heterocycles. The molecule has 1 N–H and O–H groups in total. The maximum atomic E-state index is 11.0. The molecule has 2 nitrogen and oxygen atoms in total. The number of likely N-dealkylation sites (tertiary alicyclic amines) is 1. The molecule has 1 aliphatic heterocycles. The molecule has 2 fully saturated rings. The van der Waals surface area contributed by atoms with Gasteiger partial charge < -0.3 is 5.11 Å². The lowest BCUT2D eigenvalue weighted by Gasteiger charge is -2.52. The Morgan fingerprint density at radius 3 is 2.71 bits per heavy atom. The predicted molar refractivity (Wildman–Crippen MR) is 90.6 cm³/mol. The molecule has 21 heavy (non-hydrogen) atoms. The lowest BCUT2D eigenvalue weighted by Crippen LogP contribution is -2.53. The van der Waals surface area contributed by atoms with Crippen LogP contribution in [0.4, 0.5) is 0 Å². The van der Waals surface area contributed by atoms with Gasteiger partial charge in [-0.05, 0) is 44.0 Å². The van der Waals surface area contributed by atoms with Gasteiger partial charge in [-0.25, -0.2) is 0 Å². The minimum atomic E-state index is -0.515. The molecule has 0 radical (unpaired) electrons. The molecular formula is C16H22Cl3NO. The van der Waals surface area contributed by atoms with E-state index in [2.05, 4.69) is 11.9 Å². The Labute approximate surface area is 142 Å². The van der Waals surface area contributed by atoms with Crippen LogP contribution < -0.4 is 0 Å². The number of aliphatic hydroxyl groups is 1. The molecule has 1 aliphatic carbocycles. The van der Waals surface area contributed by atoms with Gasteiger partial charge in [0, 0.05) is 28.5 Å².